The standard InChI is InChI=1S/C20H19FN4O3.ClH/c1-12-23-18(25-28-12)11-27-17-5-3-2-4-15(17)20(26)24-16-7-6-13-10-22-9-8-14(13)19(16)21;/h2-7,22H,8-11H2,1H3,(H,24,26);1H. The third kappa shape index (κ3) is 4.55. The minimum absolute atomic E-state index is 0. The highest BCUT2D eigenvalue weighted by molar-refractivity contribution is 6.06. The van der Waals surface area contributed by atoms with Crippen LogP contribution in [0, 0.1) is 12.7 Å². The smallest absolute Gasteiger partial charge is 0.259 e. The van der Waals surface area contributed by atoms with Crippen molar-refractivity contribution in [3.63, 3.8) is 0 Å². The Morgan fingerprint density at radius 1 is 1.31 bits per heavy atom. The normalized spacial score (nSPS) is 12.6. The minimum Gasteiger partial charge on any atom is -0.485 e. The van der Waals surface area contributed by atoms with E-state index in [2.05, 4.69) is 20.8 Å². The lowest BCUT2D eigenvalue weighted by Gasteiger charge is -2.19. The van der Waals surface area contributed by atoms with Gasteiger partial charge in [0.25, 0.3) is 5.91 Å². The lowest BCUT2D eigenvalue weighted by Crippen LogP contribution is -2.25. The van der Waals surface area contributed by atoms with Gasteiger partial charge in [-0.2, -0.15) is 4.98 Å². The maximum absolute atomic E-state index is 14.8. The molecule has 0 saturated heterocycles. The molecule has 1 aliphatic heterocycles. The largest absolute Gasteiger partial charge is 0.485 e. The zero-order chi connectivity index (χ0) is 19.5. The Labute approximate surface area is 173 Å². The number of anilines is 1. The quantitative estimate of drug-likeness (QED) is 0.660. The molecular formula is C20H20ClFN4O3. The number of aryl methyl sites for hydroxylation is 1. The number of amides is 1. The Hall–Kier alpha value is -2.97. The minimum atomic E-state index is -0.451. The van der Waals surface area contributed by atoms with Gasteiger partial charge in [0.15, 0.2) is 6.61 Å². The van der Waals surface area contributed by atoms with Crippen LogP contribution in [0.1, 0.15) is 33.2 Å². The van der Waals surface area contributed by atoms with Crippen molar-refractivity contribution in [3.8, 4) is 5.75 Å². The molecule has 0 fully saturated rings. The predicted octanol–water partition coefficient (Wildman–Crippen LogP) is 3.42. The van der Waals surface area contributed by atoms with E-state index < -0.39 is 5.91 Å². The zero-order valence-electron chi connectivity index (χ0n) is 15.7. The van der Waals surface area contributed by atoms with Gasteiger partial charge < -0.3 is 19.9 Å². The number of carbonyl (C=O) groups excluding carboxylic acids is 1. The molecular weight excluding hydrogens is 399 g/mol. The van der Waals surface area contributed by atoms with E-state index in [0.29, 0.717) is 48.1 Å². The summed E-state index contributed by atoms with van der Waals surface area (Å²) < 4.78 is 25.4. The SMILES string of the molecule is Cc1nc(COc2ccccc2C(=O)Nc2ccc3c(c2F)CCNC3)no1.Cl. The first-order valence-corrected chi connectivity index (χ1v) is 8.95. The lowest BCUT2D eigenvalue weighted by molar-refractivity contribution is 0.102. The van der Waals surface area contributed by atoms with Crippen molar-refractivity contribution in [1.29, 1.82) is 0 Å². The van der Waals surface area contributed by atoms with Gasteiger partial charge in [-0.05, 0) is 42.3 Å². The molecule has 0 unspecified atom stereocenters. The molecule has 2 heterocycles. The predicted molar refractivity (Wildman–Crippen MR) is 107 cm³/mol. The van der Waals surface area contributed by atoms with Gasteiger partial charge in [0.2, 0.25) is 11.7 Å². The van der Waals surface area contributed by atoms with Crippen LogP contribution in [0.15, 0.2) is 40.9 Å². The maximum atomic E-state index is 14.8. The summed E-state index contributed by atoms with van der Waals surface area (Å²) >= 11 is 0. The van der Waals surface area contributed by atoms with Crippen LogP contribution in [0.5, 0.6) is 5.75 Å². The number of halogens is 2. The van der Waals surface area contributed by atoms with Crippen molar-refractivity contribution in [1.82, 2.24) is 15.5 Å². The first kappa shape index (κ1) is 20.8. The van der Waals surface area contributed by atoms with E-state index in [-0.39, 0.29) is 30.5 Å². The Balaban J connectivity index is 0.00000240. The Kier molecular flexibility index (Phi) is 6.46. The Morgan fingerprint density at radius 3 is 2.93 bits per heavy atom. The van der Waals surface area contributed by atoms with Gasteiger partial charge in [-0.25, -0.2) is 4.39 Å². The number of ether oxygens (including phenoxy) is 1. The van der Waals surface area contributed by atoms with Crippen molar-refractivity contribution in [2.45, 2.75) is 26.5 Å². The number of carbonyl (C=O) groups is 1. The molecule has 0 aliphatic carbocycles. The van der Waals surface area contributed by atoms with Crippen LogP contribution in [0.25, 0.3) is 0 Å². The number of para-hydroxylation sites is 1. The molecule has 4 rings (SSSR count). The molecule has 2 N–H and O–H groups in total. The van der Waals surface area contributed by atoms with Crippen molar-refractivity contribution >= 4 is 24.0 Å². The molecule has 1 aromatic heterocycles. The summed E-state index contributed by atoms with van der Waals surface area (Å²) in [5, 5.41) is 9.62. The second-order valence-electron chi connectivity index (χ2n) is 6.46. The Morgan fingerprint density at radius 2 is 2.14 bits per heavy atom. The fraction of sp³-hybridized carbons (Fsp3) is 0.250. The molecule has 0 spiro atoms. The average molecular weight is 419 g/mol. The molecule has 0 saturated carbocycles. The first-order valence-electron chi connectivity index (χ1n) is 8.95. The molecule has 29 heavy (non-hydrogen) atoms. The highest BCUT2D eigenvalue weighted by Gasteiger charge is 2.19. The van der Waals surface area contributed by atoms with Crippen LogP contribution < -0.4 is 15.4 Å². The molecule has 152 valence electrons. The van der Waals surface area contributed by atoms with Crippen molar-refractivity contribution in [3.05, 3.63) is 70.6 Å². The van der Waals surface area contributed by atoms with E-state index in [1.54, 1.807) is 37.3 Å². The lowest BCUT2D eigenvalue weighted by atomic mass is 9.99. The second-order valence-corrected chi connectivity index (χ2v) is 6.46. The van der Waals surface area contributed by atoms with E-state index in [9.17, 15) is 9.18 Å². The number of nitrogens with zero attached hydrogens (tertiary/aromatic N) is 2. The van der Waals surface area contributed by atoms with Crippen LogP contribution >= 0.6 is 12.4 Å². The van der Waals surface area contributed by atoms with Crippen LogP contribution in [-0.2, 0) is 19.6 Å². The first-order chi connectivity index (χ1) is 13.6. The number of hydrogen-bond acceptors (Lipinski definition) is 6. The van der Waals surface area contributed by atoms with Crippen molar-refractivity contribution in [2.24, 2.45) is 0 Å². The van der Waals surface area contributed by atoms with E-state index in [1.165, 1.54) is 0 Å². The summed E-state index contributed by atoms with van der Waals surface area (Å²) in [6.45, 7) is 3.09. The molecule has 1 amide bonds. The molecule has 9 heteroatoms. The summed E-state index contributed by atoms with van der Waals surface area (Å²) in [6, 6.07) is 10.2. The van der Waals surface area contributed by atoms with Gasteiger partial charge in [0, 0.05) is 13.5 Å². The summed E-state index contributed by atoms with van der Waals surface area (Å²) in [6.07, 6.45) is 0.592. The second kappa shape index (κ2) is 9.02. The zero-order valence-corrected chi connectivity index (χ0v) is 16.5. The monoisotopic (exact) mass is 418 g/mol. The van der Waals surface area contributed by atoms with Gasteiger partial charge in [-0.15, -0.1) is 12.4 Å². The maximum Gasteiger partial charge on any atom is 0.259 e. The number of benzene rings is 2. The van der Waals surface area contributed by atoms with Crippen LogP contribution in [0.2, 0.25) is 0 Å². The van der Waals surface area contributed by atoms with Crippen LogP contribution in [-0.4, -0.2) is 22.6 Å². The number of nitrogens with one attached hydrogen (secondary N) is 2. The number of aromatic nitrogens is 2. The van der Waals surface area contributed by atoms with Gasteiger partial charge >= 0.3 is 0 Å². The molecule has 2 aromatic carbocycles. The van der Waals surface area contributed by atoms with Gasteiger partial charge in [0.1, 0.15) is 11.6 Å². The molecule has 7 nitrogen and oxygen atoms in total. The van der Waals surface area contributed by atoms with Crippen LogP contribution in [0.3, 0.4) is 0 Å². The molecule has 0 radical (unpaired) electrons. The van der Waals surface area contributed by atoms with Crippen molar-refractivity contribution in [2.75, 3.05) is 11.9 Å². The fourth-order valence-corrected chi connectivity index (χ4v) is 3.14. The average Bonchev–Trinajstić information content (AvgIpc) is 3.14. The Bertz CT molecular complexity index is 1020. The van der Waals surface area contributed by atoms with E-state index in [0.717, 1.165) is 5.56 Å². The summed E-state index contributed by atoms with van der Waals surface area (Å²) in [5.74, 6) is 0.329. The van der Waals surface area contributed by atoms with E-state index in [4.69, 9.17) is 9.26 Å². The summed E-state index contributed by atoms with van der Waals surface area (Å²) in [4.78, 5) is 16.8. The summed E-state index contributed by atoms with van der Waals surface area (Å²) in [7, 11) is 0. The number of rotatable bonds is 5. The molecule has 1 aliphatic rings. The topological polar surface area (TPSA) is 89.3 Å². The van der Waals surface area contributed by atoms with Gasteiger partial charge in [-0.1, -0.05) is 23.4 Å². The van der Waals surface area contributed by atoms with E-state index in [1.807, 2.05) is 6.07 Å². The fourth-order valence-electron chi connectivity index (χ4n) is 3.14. The number of fused-ring (bicyclic) bond motifs is 1. The molecule has 0 bridgehead atoms. The summed E-state index contributed by atoms with van der Waals surface area (Å²) in [5.41, 5.74) is 2.02. The van der Waals surface area contributed by atoms with Gasteiger partial charge in [0.05, 0.1) is 11.3 Å². The van der Waals surface area contributed by atoms with Crippen molar-refractivity contribution < 1.29 is 18.4 Å². The third-order valence-corrected chi connectivity index (χ3v) is 4.51. The number of hydrogen-bond donors (Lipinski definition) is 2. The van der Waals surface area contributed by atoms with Crippen LogP contribution in [0.4, 0.5) is 10.1 Å². The van der Waals surface area contributed by atoms with Gasteiger partial charge in [-0.3, -0.25) is 4.79 Å². The van der Waals surface area contributed by atoms with E-state index >= 15 is 0 Å². The molecule has 0 atom stereocenters. The molecule has 3 aromatic rings. The highest BCUT2D eigenvalue weighted by atomic mass is 35.5. The highest BCUT2D eigenvalue weighted by Crippen LogP contribution is 2.26. The third-order valence-electron chi connectivity index (χ3n) is 4.51.